The molecule has 4 rings (SSSR count). The molecule has 7 heteroatoms. The molecule has 7 nitrogen and oxygen atoms in total. The fourth-order valence-corrected chi connectivity index (χ4v) is 4.32. The maximum atomic E-state index is 12.8. The number of nitrogens with zero attached hydrogens (tertiary/aromatic N) is 2. The number of amides is 5. The van der Waals surface area contributed by atoms with Crippen LogP contribution in [0.4, 0.5) is 4.79 Å². The third-order valence-corrected chi connectivity index (χ3v) is 5.90. The summed E-state index contributed by atoms with van der Waals surface area (Å²) in [6, 6.07) is 18.0. The van der Waals surface area contributed by atoms with Gasteiger partial charge in [0.1, 0.15) is 6.54 Å². The molecule has 2 aromatic carbocycles. The molecule has 31 heavy (non-hydrogen) atoms. The summed E-state index contributed by atoms with van der Waals surface area (Å²) in [4.78, 5) is 52.1. The lowest BCUT2D eigenvalue weighted by Crippen LogP contribution is -2.44. The van der Waals surface area contributed by atoms with Crippen molar-refractivity contribution in [1.29, 1.82) is 0 Å². The van der Waals surface area contributed by atoms with Crippen molar-refractivity contribution in [1.82, 2.24) is 15.1 Å². The minimum absolute atomic E-state index is 0.243. The predicted octanol–water partition coefficient (Wildman–Crippen LogP) is 2.82. The first kappa shape index (κ1) is 20.8. The van der Waals surface area contributed by atoms with E-state index in [9.17, 15) is 19.2 Å². The standard InChI is InChI=1S/C24H25N3O4/c28-21(16-26-22(29)23(30)27(24(26)31)19-13-7-8-14-19)25-20(18-11-5-2-6-12-18)15-17-9-3-1-4-10-17/h1-6,9-12,19-20H,7-8,13-16H2,(H,25,28)/t20-/m0/s1. The van der Waals surface area contributed by atoms with Crippen LogP contribution in [0.2, 0.25) is 0 Å². The van der Waals surface area contributed by atoms with Crippen LogP contribution >= 0.6 is 0 Å². The summed E-state index contributed by atoms with van der Waals surface area (Å²) in [6.45, 7) is -0.468. The Hall–Kier alpha value is -3.48. The Morgan fingerprint density at radius 2 is 1.52 bits per heavy atom. The molecule has 2 aliphatic rings. The zero-order valence-corrected chi connectivity index (χ0v) is 17.2. The van der Waals surface area contributed by atoms with E-state index < -0.39 is 30.3 Å². The zero-order valence-electron chi connectivity index (χ0n) is 17.2. The number of nitrogens with one attached hydrogen (secondary N) is 1. The van der Waals surface area contributed by atoms with Crippen molar-refractivity contribution in [2.45, 2.75) is 44.2 Å². The molecule has 0 radical (unpaired) electrons. The van der Waals surface area contributed by atoms with E-state index in [4.69, 9.17) is 0 Å². The van der Waals surface area contributed by atoms with E-state index in [1.165, 1.54) is 0 Å². The molecule has 1 saturated carbocycles. The number of carbonyl (C=O) groups excluding carboxylic acids is 4. The van der Waals surface area contributed by atoms with Gasteiger partial charge in [0.25, 0.3) is 0 Å². The van der Waals surface area contributed by atoms with Crippen molar-refractivity contribution >= 4 is 23.8 Å². The van der Waals surface area contributed by atoms with E-state index in [2.05, 4.69) is 5.32 Å². The average molecular weight is 419 g/mol. The number of benzene rings is 2. The van der Waals surface area contributed by atoms with Gasteiger partial charge in [-0.3, -0.25) is 19.3 Å². The van der Waals surface area contributed by atoms with E-state index >= 15 is 0 Å². The molecule has 1 atom stereocenters. The van der Waals surface area contributed by atoms with Crippen molar-refractivity contribution in [3.05, 3.63) is 71.8 Å². The lowest BCUT2D eigenvalue weighted by atomic mass is 9.99. The lowest BCUT2D eigenvalue weighted by molar-refractivity contribution is -0.144. The van der Waals surface area contributed by atoms with Gasteiger partial charge in [0.05, 0.1) is 6.04 Å². The first-order chi connectivity index (χ1) is 15.0. The Labute approximate surface area is 181 Å². The Balaban J connectivity index is 1.46. The summed E-state index contributed by atoms with van der Waals surface area (Å²) in [6.07, 6.45) is 3.82. The highest BCUT2D eigenvalue weighted by Crippen LogP contribution is 2.27. The second-order valence-electron chi connectivity index (χ2n) is 8.01. The van der Waals surface area contributed by atoms with Crippen molar-refractivity contribution in [2.75, 3.05) is 6.54 Å². The maximum absolute atomic E-state index is 12.8. The topological polar surface area (TPSA) is 86.8 Å². The number of urea groups is 1. The number of hydrogen-bond acceptors (Lipinski definition) is 4. The van der Waals surface area contributed by atoms with Gasteiger partial charge in [0.2, 0.25) is 5.91 Å². The summed E-state index contributed by atoms with van der Waals surface area (Å²) in [5.74, 6) is -2.23. The number of hydrogen-bond donors (Lipinski definition) is 1. The molecule has 2 aromatic rings. The van der Waals surface area contributed by atoms with Gasteiger partial charge in [-0.15, -0.1) is 0 Å². The van der Waals surface area contributed by atoms with Gasteiger partial charge in [0.15, 0.2) is 0 Å². The Bertz CT molecular complexity index is 971. The largest absolute Gasteiger partial charge is 0.347 e. The normalized spacial score (nSPS) is 18.0. The molecule has 0 aromatic heterocycles. The lowest BCUT2D eigenvalue weighted by Gasteiger charge is -2.22. The molecule has 0 spiro atoms. The summed E-state index contributed by atoms with van der Waals surface area (Å²) in [5.41, 5.74) is 1.97. The van der Waals surface area contributed by atoms with Crippen LogP contribution in [-0.2, 0) is 20.8 Å². The Morgan fingerprint density at radius 1 is 0.903 bits per heavy atom. The Morgan fingerprint density at radius 3 is 2.16 bits per heavy atom. The van der Waals surface area contributed by atoms with Crippen molar-refractivity contribution in [3.8, 4) is 0 Å². The highest BCUT2D eigenvalue weighted by atomic mass is 16.2. The van der Waals surface area contributed by atoms with Gasteiger partial charge in [0, 0.05) is 6.04 Å². The van der Waals surface area contributed by atoms with Crippen LogP contribution in [-0.4, -0.2) is 46.1 Å². The first-order valence-electron chi connectivity index (χ1n) is 10.6. The van der Waals surface area contributed by atoms with Crippen LogP contribution < -0.4 is 5.32 Å². The highest BCUT2D eigenvalue weighted by Gasteiger charge is 2.48. The van der Waals surface area contributed by atoms with Gasteiger partial charge >= 0.3 is 17.8 Å². The van der Waals surface area contributed by atoms with Gasteiger partial charge < -0.3 is 5.32 Å². The fourth-order valence-electron chi connectivity index (χ4n) is 4.32. The molecular formula is C24H25N3O4. The van der Waals surface area contributed by atoms with Crippen molar-refractivity contribution < 1.29 is 19.2 Å². The first-order valence-corrected chi connectivity index (χ1v) is 10.6. The molecular weight excluding hydrogens is 394 g/mol. The molecule has 1 aliphatic heterocycles. The summed E-state index contributed by atoms with van der Waals surface area (Å²) >= 11 is 0. The molecule has 2 fully saturated rings. The molecule has 1 N–H and O–H groups in total. The van der Waals surface area contributed by atoms with Crippen LogP contribution in [0, 0.1) is 0 Å². The minimum atomic E-state index is -0.925. The summed E-state index contributed by atoms with van der Waals surface area (Å²) in [5, 5.41) is 2.93. The molecule has 1 saturated heterocycles. The minimum Gasteiger partial charge on any atom is -0.347 e. The third kappa shape index (κ3) is 4.50. The van der Waals surface area contributed by atoms with Crippen LogP contribution in [0.25, 0.3) is 0 Å². The van der Waals surface area contributed by atoms with Gasteiger partial charge in [-0.25, -0.2) is 9.69 Å². The predicted molar refractivity (Wildman–Crippen MR) is 114 cm³/mol. The smallest absolute Gasteiger partial charge is 0.334 e. The van der Waals surface area contributed by atoms with Crippen molar-refractivity contribution in [2.24, 2.45) is 0 Å². The van der Waals surface area contributed by atoms with Crippen LogP contribution in [0.5, 0.6) is 0 Å². The van der Waals surface area contributed by atoms with Gasteiger partial charge in [-0.2, -0.15) is 0 Å². The number of imide groups is 2. The fraction of sp³-hybridized carbons (Fsp3) is 0.333. The van der Waals surface area contributed by atoms with Gasteiger partial charge in [-0.05, 0) is 30.4 Å². The molecule has 1 aliphatic carbocycles. The van der Waals surface area contributed by atoms with E-state index in [1.54, 1.807) is 0 Å². The third-order valence-electron chi connectivity index (χ3n) is 5.90. The molecule has 1 heterocycles. The second-order valence-corrected chi connectivity index (χ2v) is 8.01. The van der Waals surface area contributed by atoms with Gasteiger partial charge in [-0.1, -0.05) is 73.5 Å². The quantitative estimate of drug-likeness (QED) is 0.552. The van der Waals surface area contributed by atoms with E-state index in [-0.39, 0.29) is 12.1 Å². The van der Waals surface area contributed by atoms with E-state index in [1.807, 2.05) is 60.7 Å². The van der Waals surface area contributed by atoms with E-state index in [0.29, 0.717) is 19.3 Å². The zero-order chi connectivity index (χ0) is 21.8. The van der Waals surface area contributed by atoms with Crippen molar-refractivity contribution in [3.63, 3.8) is 0 Å². The summed E-state index contributed by atoms with van der Waals surface area (Å²) < 4.78 is 0. The van der Waals surface area contributed by atoms with Crippen LogP contribution in [0.3, 0.4) is 0 Å². The van der Waals surface area contributed by atoms with Crippen LogP contribution in [0.1, 0.15) is 42.9 Å². The highest BCUT2D eigenvalue weighted by molar-refractivity contribution is 6.45. The average Bonchev–Trinajstić information content (AvgIpc) is 3.38. The SMILES string of the molecule is O=C(CN1C(=O)C(=O)N(C2CCCC2)C1=O)N[C@@H](Cc1ccccc1)c1ccccc1. The van der Waals surface area contributed by atoms with Crippen LogP contribution in [0.15, 0.2) is 60.7 Å². The molecule has 160 valence electrons. The van der Waals surface area contributed by atoms with E-state index in [0.717, 1.165) is 33.8 Å². The number of carbonyl (C=O) groups is 4. The summed E-state index contributed by atoms with van der Waals surface area (Å²) in [7, 11) is 0. The molecule has 0 unspecified atom stereocenters. The second kappa shape index (κ2) is 9.12. The maximum Gasteiger partial charge on any atom is 0.334 e. The Kier molecular flexibility index (Phi) is 6.11. The molecule has 0 bridgehead atoms. The monoisotopic (exact) mass is 419 g/mol. The number of rotatable bonds is 7. The molecule has 5 amide bonds.